The third-order valence-corrected chi connectivity index (χ3v) is 8.34. The average molecular weight is 588 g/mol. The standard InChI is InChI=1S/C30H36F3N5O2S/c1-6-21-16-24(10-11-26(21)40-15-14-36-13-12-35(7-2)19-20(36)3)38-28(41)37(27(39)29(38,4)5)23-9-8-22(18-34)25(17-23)30(31,32)33/h8-11,16-17,20H,6-7,12-15,19H2,1-5H3. The molecule has 0 aliphatic carbocycles. The Morgan fingerprint density at radius 3 is 2.44 bits per heavy atom. The molecule has 7 nitrogen and oxygen atoms in total. The molecule has 2 aliphatic heterocycles. The van der Waals surface area contributed by atoms with Crippen LogP contribution in [0.15, 0.2) is 36.4 Å². The lowest BCUT2D eigenvalue weighted by atomic mass is 10.0. The number of hydrogen-bond donors (Lipinski definition) is 0. The predicted octanol–water partition coefficient (Wildman–Crippen LogP) is 5.46. The number of aryl methyl sites for hydroxylation is 1. The summed E-state index contributed by atoms with van der Waals surface area (Å²) < 4.78 is 47.1. The van der Waals surface area contributed by atoms with Crippen molar-refractivity contribution in [3.8, 4) is 11.8 Å². The number of rotatable bonds is 8. The van der Waals surface area contributed by atoms with E-state index in [1.165, 1.54) is 6.07 Å². The van der Waals surface area contributed by atoms with E-state index in [2.05, 4.69) is 23.6 Å². The lowest BCUT2D eigenvalue weighted by Gasteiger charge is -2.39. The molecule has 4 rings (SSSR count). The van der Waals surface area contributed by atoms with Crippen LogP contribution in [0.1, 0.15) is 51.3 Å². The Morgan fingerprint density at radius 2 is 1.83 bits per heavy atom. The number of ether oxygens (including phenoxy) is 1. The van der Waals surface area contributed by atoms with Gasteiger partial charge in [-0.1, -0.05) is 13.8 Å². The van der Waals surface area contributed by atoms with Crippen molar-refractivity contribution in [2.24, 2.45) is 0 Å². The smallest absolute Gasteiger partial charge is 0.417 e. The molecular weight excluding hydrogens is 551 g/mol. The number of carbonyl (C=O) groups is 1. The van der Waals surface area contributed by atoms with Gasteiger partial charge in [0.05, 0.1) is 22.9 Å². The average Bonchev–Trinajstić information content (AvgIpc) is 3.11. The molecule has 1 amide bonds. The van der Waals surface area contributed by atoms with Crippen LogP contribution in [0.3, 0.4) is 0 Å². The highest BCUT2D eigenvalue weighted by Gasteiger charge is 2.50. The third kappa shape index (κ3) is 6.05. The molecule has 220 valence electrons. The Bertz CT molecular complexity index is 1360. The fourth-order valence-electron chi connectivity index (χ4n) is 5.54. The van der Waals surface area contributed by atoms with E-state index in [-0.39, 0.29) is 10.8 Å². The minimum atomic E-state index is -4.76. The zero-order valence-electron chi connectivity index (χ0n) is 24.1. The summed E-state index contributed by atoms with van der Waals surface area (Å²) in [6, 6.07) is 10.8. The zero-order chi connectivity index (χ0) is 30.1. The number of hydrogen-bond acceptors (Lipinski definition) is 6. The SMILES string of the molecule is CCc1cc(N2C(=S)N(c3ccc(C#N)c(C(F)(F)F)c3)C(=O)C2(C)C)ccc1OCCN1CCN(CC)CC1C. The molecule has 2 fully saturated rings. The molecule has 1 atom stereocenters. The summed E-state index contributed by atoms with van der Waals surface area (Å²) in [4.78, 5) is 21.2. The van der Waals surface area contributed by atoms with Crippen LogP contribution in [0.2, 0.25) is 0 Å². The Kier molecular flexibility index (Phi) is 8.97. The second kappa shape index (κ2) is 12.0. The van der Waals surface area contributed by atoms with E-state index in [0.29, 0.717) is 24.8 Å². The normalized spacial score (nSPS) is 20.0. The number of halogens is 3. The number of alkyl halides is 3. The quantitative estimate of drug-likeness (QED) is 0.380. The van der Waals surface area contributed by atoms with Crippen LogP contribution in [0, 0.1) is 11.3 Å². The van der Waals surface area contributed by atoms with Crippen molar-refractivity contribution in [1.29, 1.82) is 5.26 Å². The lowest BCUT2D eigenvalue weighted by molar-refractivity contribution is -0.137. The highest BCUT2D eigenvalue weighted by molar-refractivity contribution is 7.81. The molecule has 2 heterocycles. The second-order valence-corrected chi connectivity index (χ2v) is 11.3. The number of likely N-dealkylation sites (N-methyl/N-ethyl adjacent to an activating group) is 1. The van der Waals surface area contributed by atoms with E-state index >= 15 is 0 Å². The number of thiocarbonyl (C=S) groups is 1. The van der Waals surface area contributed by atoms with E-state index in [9.17, 15) is 18.0 Å². The molecule has 2 saturated heterocycles. The van der Waals surface area contributed by atoms with Crippen LogP contribution >= 0.6 is 12.2 Å². The van der Waals surface area contributed by atoms with Crippen molar-refractivity contribution in [3.63, 3.8) is 0 Å². The molecule has 41 heavy (non-hydrogen) atoms. The van der Waals surface area contributed by atoms with E-state index in [0.717, 1.165) is 61.1 Å². The van der Waals surface area contributed by atoms with Crippen LogP contribution in [0.25, 0.3) is 0 Å². The van der Waals surface area contributed by atoms with Crippen molar-refractivity contribution in [2.45, 2.75) is 58.8 Å². The van der Waals surface area contributed by atoms with E-state index in [4.69, 9.17) is 22.2 Å². The molecule has 0 saturated carbocycles. The highest BCUT2D eigenvalue weighted by Crippen LogP contribution is 2.40. The van der Waals surface area contributed by atoms with Crippen molar-refractivity contribution in [3.05, 3.63) is 53.1 Å². The maximum absolute atomic E-state index is 13.6. The fourth-order valence-corrected chi connectivity index (χ4v) is 6.07. The van der Waals surface area contributed by atoms with E-state index < -0.39 is 28.7 Å². The third-order valence-electron chi connectivity index (χ3n) is 7.97. The summed E-state index contributed by atoms with van der Waals surface area (Å²) in [6.07, 6.45) is -4.08. The van der Waals surface area contributed by atoms with E-state index in [1.54, 1.807) is 24.8 Å². The lowest BCUT2D eigenvalue weighted by Crippen LogP contribution is -2.52. The Balaban J connectivity index is 1.55. The number of amides is 1. The molecule has 2 aromatic rings. The highest BCUT2D eigenvalue weighted by atomic mass is 32.1. The van der Waals surface area contributed by atoms with Gasteiger partial charge < -0.3 is 14.5 Å². The van der Waals surface area contributed by atoms with E-state index in [1.807, 2.05) is 25.1 Å². The van der Waals surface area contributed by atoms with Gasteiger partial charge in [0.1, 0.15) is 17.9 Å². The summed E-state index contributed by atoms with van der Waals surface area (Å²) in [5.41, 5.74) is -1.24. The molecule has 0 radical (unpaired) electrons. The van der Waals surface area contributed by atoms with Gasteiger partial charge in [0.25, 0.3) is 5.91 Å². The second-order valence-electron chi connectivity index (χ2n) is 10.9. The molecule has 2 aliphatic rings. The first-order chi connectivity index (χ1) is 19.3. The summed E-state index contributed by atoms with van der Waals surface area (Å²) >= 11 is 5.68. The predicted molar refractivity (Wildman–Crippen MR) is 157 cm³/mol. The van der Waals surface area contributed by atoms with Crippen molar-refractivity contribution < 1.29 is 22.7 Å². The van der Waals surface area contributed by atoms with Gasteiger partial charge in [-0.05, 0) is 87.9 Å². The van der Waals surface area contributed by atoms with Gasteiger partial charge in [0.15, 0.2) is 5.11 Å². The van der Waals surface area contributed by atoms with Gasteiger partial charge in [-0.15, -0.1) is 0 Å². The maximum Gasteiger partial charge on any atom is 0.417 e. The molecule has 11 heteroatoms. The Labute approximate surface area is 245 Å². The first-order valence-corrected chi connectivity index (χ1v) is 14.3. The molecular formula is C30H36F3N5O2S. The summed E-state index contributed by atoms with van der Waals surface area (Å²) in [6.45, 7) is 15.3. The first kappa shape index (κ1) is 30.8. The van der Waals surface area contributed by atoms with Gasteiger partial charge in [0.2, 0.25) is 0 Å². The monoisotopic (exact) mass is 587 g/mol. The van der Waals surface area contributed by atoms with Gasteiger partial charge >= 0.3 is 6.18 Å². The molecule has 2 aromatic carbocycles. The van der Waals surface area contributed by atoms with Crippen molar-refractivity contribution >= 4 is 34.6 Å². The minimum absolute atomic E-state index is 0.0356. The molecule has 1 unspecified atom stereocenters. The Morgan fingerprint density at radius 1 is 1.12 bits per heavy atom. The summed E-state index contributed by atoms with van der Waals surface area (Å²) in [5, 5.41) is 9.22. The molecule has 0 bridgehead atoms. The van der Waals surface area contributed by atoms with Crippen LogP contribution in [-0.2, 0) is 17.4 Å². The van der Waals surface area contributed by atoms with Crippen molar-refractivity contribution in [1.82, 2.24) is 9.80 Å². The number of carbonyl (C=O) groups excluding carboxylic acids is 1. The number of benzene rings is 2. The zero-order valence-corrected chi connectivity index (χ0v) is 24.9. The van der Waals surface area contributed by atoms with Crippen LogP contribution < -0.4 is 14.5 Å². The van der Waals surface area contributed by atoms with Crippen LogP contribution in [0.4, 0.5) is 24.5 Å². The number of anilines is 2. The van der Waals surface area contributed by atoms with Crippen LogP contribution in [0.5, 0.6) is 5.75 Å². The first-order valence-electron chi connectivity index (χ1n) is 13.9. The summed E-state index contributed by atoms with van der Waals surface area (Å²) in [7, 11) is 0. The number of piperazine rings is 1. The number of nitrogens with zero attached hydrogens (tertiary/aromatic N) is 5. The van der Waals surface area contributed by atoms with Gasteiger partial charge in [-0.2, -0.15) is 18.4 Å². The minimum Gasteiger partial charge on any atom is -0.492 e. The van der Waals surface area contributed by atoms with Crippen molar-refractivity contribution in [2.75, 3.05) is 49.1 Å². The van der Waals surface area contributed by atoms with Gasteiger partial charge in [-0.3, -0.25) is 14.6 Å². The fraction of sp³-hybridized carbons (Fsp3) is 0.500. The number of nitriles is 1. The van der Waals surface area contributed by atoms with Gasteiger partial charge in [-0.25, -0.2) is 0 Å². The Hall–Kier alpha value is -3.20. The molecule has 0 N–H and O–H groups in total. The topological polar surface area (TPSA) is 63.1 Å². The summed E-state index contributed by atoms with van der Waals surface area (Å²) in [5.74, 6) is 0.292. The van der Waals surface area contributed by atoms with Gasteiger partial charge in [0, 0.05) is 37.9 Å². The maximum atomic E-state index is 13.6. The molecule has 0 spiro atoms. The molecule has 0 aromatic heterocycles. The van der Waals surface area contributed by atoms with Crippen LogP contribution in [-0.4, -0.2) is 71.7 Å². The largest absolute Gasteiger partial charge is 0.492 e.